The lowest BCUT2D eigenvalue weighted by molar-refractivity contribution is -0.135. The van der Waals surface area contributed by atoms with Crippen molar-refractivity contribution in [2.24, 2.45) is 0 Å². The molecule has 1 aromatic heterocycles. The summed E-state index contributed by atoms with van der Waals surface area (Å²) < 4.78 is 7.07. The molecule has 1 saturated heterocycles. The van der Waals surface area contributed by atoms with E-state index >= 15 is 0 Å². The molecule has 7 nitrogen and oxygen atoms in total. The molecule has 4 rings (SSSR count). The number of morpholine rings is 1. The summed E-state index contributed by atoms with van der Waals surface area (Å²) in [4.78, 5) is 28.3. The maximum atomic E-state index is 12.6. The van der Waals surface area contributed by atoms with Crippen molar-refractivity contribution in [3.8, 4) is 11.3 Å². The highest BCUT2D eigenvalue weighted by molar-refractivity contribution is 6.30. The quantitative estimate of drug-likeness (QED) is 0.821. The van der Waals surface area contributed by atoms with Crippen LogP contribution >= 0.6 is 11.6 Å². The lowest BCUT2D eigenvalue weighted by atomic mass is 10.1. The second kappa shape index (κ2) is 7.09. The molecule has 3 heterocycles. The lowest BCUT2D eigenvalue weighted by Gasteiger charge is -2.31. The van der Waals surface area contributed by atoms with Crippen molar-refractivity contribution in [2.45, 2.75) is 13.0 Å². The smallest absolute Gasteiger partial charge is 0.242 e. The number of aromatic nitrogens is 2. The summed E-state index contributed by atoms with van der Waals surface area (Å²) in [6.07, 6.45) is 0.338. The Morgan fingerprint density at radius 1 is 1.15 bits per heavy atom. The maximum absolute atomic E-state index is 12.6. The van der Waals surface area contributed by atoms with E-state index in [2.05, 4.69) is 5.10 Å². The Hall–Kier alpha value is -2.38. The number of hydrogen-bond donors (Lipinski definition) is 0. The van der Waals surface area contributed by atoms with Crippen molar-refractivity contribution in [2.75, 3.05) is 37.7 Å². The summed E-state index contributed by atoms with van der Waals surface area (Å²) >= 11 is 5.94. The Bertz CT molecular complexity index is 827. The number of anilines is 1. The molecule has 136 valence electrons. The zero-order valence-corrected chi connectivity index (χ0v) is 15.0. The second-order valence-corrected chi connectivity index (χ2v) is 6.78. The van der Waals surface area contributed by atoms with Gasteiger partial charge in [-0.05, 0) is 12.1 Å². The second-order valence-electron chi connectivity index (χ2n) is 6.34. The Labute approximate surface area is 156 Å². The van der Waals surface area contributed by atoms with Crippen molar-refractivity contribution in [3.05, 3.63) is 35.4 Å². The van der Waals surface area contributed by atoms with E-state index in [9.17, 15) is 9.59 Å². The van der Waals surface area contributed by atoms with Gasteiger partial charge in [0.15, 0.2) is 0 Å². The third kappa shape index (κ3) is 3.32. The van der Waals surface area contributed by atoms with Crippen LogP contribution < -0.4 is 4.90 Å². The summed E-state index contributed by atoms with van der Waals surface area (Å²) in [6, 6.07) is 9.25. The van der Waals surface area contributed by atoms with E-state index in [1.54, 1.807) is 21.7 Å². The lowest BCUT2D eigenvalue weighted by Crippen LogP contribution is -2.48. The minimum absolute atomic E-state index is 0.0323. The van der Waals surface area contributed by atoms with Gasteiger partial charge in [0.05, 0.1) is 25.5 Å². The molecule has 0 bridgehead atoms. The Kier molecular flexibility index (Phi) is 4.65. The van der Waals surface area contributed by atoms with Crippen molar-refractivity contribution in [1.82, 2.24) is 14.7 Å². The van der Waals surface area contributed by atoms with E-state index in [0.29, 0.717) is 50.1 Å². The van der Waals surface area contributed by atoms with E-state index < -0.39 is 0 Å². The van der Waals surface area contributed by atoms with E-state index in [0.717, 1.165) is 11.3 Å². The van der Waals surface area contributed by atoms with Crippen molar-refractivity contribution < 1.29 is 14.3 Å². The highest BCUT2D eigenvalue weighted by Crippen LogP contribution is 2.28. The van der Waals surface area contributed by atoms with E-state index in [1.165, 1.54) is 4.90 Å². The molecule has 0 radical (unpaired) electrons. The molecule has 2 aromatic rings. The number of fused-ring (bicyclic) bond motifs is 1. The number of benzene rings is 1. The number of hydrogen-bond acceptors (Lipinski definition) is 4. The van der Waals surface area contributed by atoms with Gasteiger partial charge < -0.3 is 9.64 Å². The number of amides is 2. The van der Waals surface area contributed by atoms with Crippen LogP contribution in [0, 0.1) is 0 Å². The number of halogens is 1. The first-order chi connectivity index (χ1) is 12.6. The summed E-state index contributed by atoms with van der Waals surface area (Å²) in [6.45, 7) is 2.76. The van der Waals surface area contributed by atoms with Crippen molar-refractivity contribution in [3.63, 3.8) is 0 Å². The van der Waals surface area contributed by atoms with Crippen molar-refractivity contribution in [1.29, 1.82) is 0 Å². The van der Waals surface area contributed by atoms with E-state index in [-0.39, 0.29) is 18.4 Å². The summed E-state index contributed by atoms with van der Waals surface area (Å²) in [5.41, 5.74) is 1.68. The standard InChI is InChI=1S/C18H19ClN4O3/c19-14-3-1-13(2-4-14)15-11-16-22(17(24)5-6-23(16)20-15)12-18(25)21-7-9-26-10-8-21/h1-4,11H,5-10,12H2. The minimum atomic E-state index is -0.0654. The van der Waals surface area contributed by atoms with Gasteiger partial charge >= 0.3 is 0 Å². The van der Waals surface area contributed by atoms with Gasteiger partial charge in [0.2, 0.25) is 11.8 Å². The fourth-order valence-electron chi connectivity index (χ4n) is 3.23. The van der Waals surface area contributed by atoms with Crippen LogP contribution in [0.4, 0.5) is 5.82 Å². The largest absolute Gasteiger partial charge is 0.378 e. The van der Waals surface area contributed by atoms with Crippen LogP contribution in [0.15, 0.2) is 30.3 Å². The molecule has 0 saturated carbocycles. The molecule has 0 unspecified atom stereocenters. The predicted octanol–water partition coefficient (Wildman–Crippen LogP) is 1.80. The predicted molar refractivity (Wildman–Crippen MR) is 97.0 cm³/mol. The SMILES string of the molecule is O=C(CN1C(=O)CCn2nc(-c3ccc(Cl)cc3)cc21)N1CCOCC1. The van der Waals surface area contributed by atoms with Gasteiger partial charge in [-0.25, -0.2) is 4.68 Å². The molecule has 0 spiro atoms. The maximum Gasteiger partial charge on any atom is 0.242 e. The number of nitrogens with zero attached hydrogens (tertiary/aromatic N) is 4. The highest BCUT2D eigenvalue weighted by Gasteiger charge is 2.30. The van der Waals surface area contributed by atoms with Gasteiger partial charge in [-0.2, -0.15) is 5.10 Å². The fraction of sp³-hybridized carbons (Fsp3) is 0.389. The van der Waals surface area contributed by atoms with Gasteiger partial charge in [-0.1, -0.05) is 23.7 Å². The Morgan fingerprint density at radius 2 is 1.88 bits per heavy atom. The number of carbonyl (C=O) groups excluding carboxylic acids is 2. The number of ether oxygens (including phenoxy) is 1. The van der Waals surface area contributed by atoms with E-state index in [4.69, 9.17) is 16.3 Å². The molecule has 2 amide bonds. The Balaban J connectivity index is 1.58. The topological polar surface area (TPSA) is 67.7 Å². The summed E-state index contributed by atoms with van der Waals surface area (Å²) in [7, 11) is 0. The highest BCUT2D eigenvalue weighted by atomic mass is 35.5. The third-order valence-corrected chi connectivity index (χ3v) is 4.92. The normalized spacial score (nSPS) is 17.3. The zero-order valence-electron chi connectivity index (χ0n) is 14.2. The molecule has 2 aliphatic heterocycles. The molecule has 0 aliphatic carbocycles. The van der Waals surface area contributed by atoms with Gasteiger partial charge in [0, 0.05) is 36.2 Å². The molecule has 1 aromatic carbocycles. The van der Waals surface area contributed by atoms with Crippen LogP contribution in [0.25, 0.3) is 11.3 Å². The molecule has 0 N–H and O–H groups in total. The average molecular weight is 375 g/mol. The third-order valence-electron chi connectivity index (χ3n) is 4.67. The zero-order chi connectivity index (χ0) is 18.1. The molecule has 2 aliphatic rings. The van der Waals surface area contributed by atoms with E-state index in [1.807, 2.05) is 18.2 Å². The van der Waals surface area contributed by atoms with Crippen LogP contribution in [0.3, 0.4) is 0 Å². The monoisotopic (exact) mass is 374 g/mol. The van der Waals surface area contributed by atoms with Crippen LogP contribution in [0.2, 0.25) is 5.02 Å². The molecule has 1 fully saturated rings. The van der Waals surface area contributed by atoms with Gasteiger partial charge in [0.1, 0.15) is 12.4 Å². The number of rotatable bonds is 3. The molecule has 0 atom stereocenters. The minimum Gasteiger partial charge on any atom is -0.378 e. The fourth-order valence-corrected chi connectivity index (χ4v) is 3.36. The molecular weight excluding hydrogens is 356 g/mol. The number of aryl methyl sites for hydroxylation is 1. The first-order valence-corrected chi connectivity index (χ1v) is 8.99. The average Bonchev–Trinajstić information content (AvgIpc) is 3.10. The first kappa shape index (κ1) is 17.1. The summed E-state index contributed by atoms with van der Waals surface area (Å²) in [5, 5.41) is 5.25. The van der Waals surface area contributed by atoms with Crippen LogP contribution in [-0.2, 0) is 20.9 Å². The molecule has 26 heavy (non-hydrogen) atoms. The number of carbonyl (C=O) groups is 2. The van der Waals surface area contributed by atoms with Crippen LogP contribution in [0.5, 0.6) is 0 Å². The molecule has 8 heteroatoms. The first-order valence-electron chi connectivity index (χ1n) is 8.61. The van der Waals surface area contributed by atoms with Crippen LogP contribution in [-0.4, -0.2) is 59.3 Å². The van der Waals surface area contributed by atoms with Gasteiger partial charge in [-0.3, -0.25) is 14.5 Å². The van der Waals surface area contributed by atoms with Crippen LogP contribution in [0.1, 0.15) is 6.42 Å². The van der Waals surface area contributed by atoms with Crippen molar-refractivity contribution >= 4 is 29.2 Å². The summed E-state index contributed by atoms with van der Waals surface area (Å²) in [5.74, 6) is 0.541. The Morgan fingerprint density at radius 3 is 2.62 bits per heavy atom. The van der Waals surface area contributed by atoms with Gasteiger partial charge in [0.25, 0.3) is 0 Å². The molecular formula is C18H19ClN4O3. The van der Waals surface area contributed by atoms with Gasteiger partial charge in [-0.15, -0.1) is 0 Å².